The van der Waals surface area contributed by atoms with E-state index < -0.39 is 0 Å². The molecule has 1 unspecified atom stereocenters. The van der Waals surface area contributed by atoms with Crippen LogP contribution in [0.5, 0.6) is 0 Å². The van der Waals surface area contributed by atoms with Crippen molar-refractivity contribution < 1.29 is 9.21 Å². The normalized spacial score (nSPS) is 18.6. The van der Waals surface area contributed by atoms with Crippen molar-refractivity contribution in [1.29, 1.82) is 0 Å². The number of likely N-dealkylation sites (tertiary alicyclic amines) is 1. The maximum absolute atomic E-state index is 11.8. The van der Waals surface area contributed by atoms with Gasteiger partial charge in [0.25, 0.3) is 5.91 Å². The van der Waals surface area contributed by atoms with Crippen molar-refractivity contribution in [2.45, 2.75) is 32.2 Å². The van der Waals surface area contributed by atoms with Crippen LogP contribution in [0.15, 0.2) is 16.7 Å². The van der Waals surface area contributed by atoms with Crippen LogP contribution in [-0.2, 0) is 0 Å². The van der Waals surface area contributed by atoms with Gasteiger partial charge in [0.05, 0.1) is 11.8 Å². The number of piperidine rings is 1. The fourth-order valence-electron chi connectivity index (χ4n) is 2.28. The molecule has 18 heavy (non-hydrogen) atoms. The standard InChI is InChI=1S/C13H19ClN2O2/c1-10(16-6-3-2-4-7-16)9-15-13(17)11-5-8-18-12(11)14/h5,8,10H,2-4,6-7,9H2,1H3,(H,15,17). The van der Waals surface area contributed by atoms with Crippen LogP contribution in [0.2, 0.25) is 5.22 Å². The van der Waals surface area contributed by atoms with Crippen molar-refractivity contribution in [2.24, 2.45) is 0 Å². The number of nitrogens with zero attached hydrogens (tertiary/aromatic N) is 1. The Morgan fingerprint density at radius 1 is 1.50 bits per heavy atom. The van der Waals surface area contributed by atoms with E-state index in [9.17, 15) is 4.79 Å². The van der Waals surface area contributed by atoms with E-state index in [4.69, 9.17) is 16.0 Å². The number of hydrogen-bond donors (Lipinski definition) is 1. The number of furan rings is 1. The maximum Gasteiger partial charge on any atom is 0.256 e. The Labute approximate surface area is 112 Å². The minimum atomic E-state index is -0.169. The molecular weight excluding hydrogens is 252 g/mol. The summed E-state index contributed by atoms with van der Waals surface area (Å²) < 4.78 is 4.90. The number of carbonyl (C=O) groups is 1. The molecule has 1 aromatic heterocycles. The summed E-state index contributed by atoms with van der Waals surface area (Å²) in [5.41, 5.74) is 0.405. The molecule has 0 bridgehead atoms. The minimum absolute atomic E-state index is 0.151. The second-order valence-corrected chi connectivity index (χ2v) is 5.11. The van der Waals surface area contributed by atoms with E-state index in [-0.39, 0.29) is 11.1 Å². The van der Waals surface area contributed by atoms with Gasteiger partial charge in [-0.2, -0.15) is 0 Å². The van der Waals surface area contributed by atoms with Crippen molar-refractivity contribution >= 4 is 17.5 Å². The number of carbonyl (C=O) groups excluding carboxylic acids is 1. The summed E-state index contributed by atoms with van der Waals surface area (Å²) in [5.74, 6) is -0.169. The minimum Gasteiger partial charge on any atom is -0.452 e. The molecule has 1 amide bonds. The average molecular weight is 271 g/mol. The molecule has 100 valence electrons. The number of halogens is 1. The lowest BCUT2D eigenvalue weighted by molar-refractivity contribution is 0.0929. The highest BCUT2D eigenvalue weighted by Crippen LogP contribution is 2.16. The van der Waals surface area contributed by atoms with E-state index in [2.05, 4.69) is 17.1 Å². The van der Waals surface area contributed by atoms with Gasteiger partial charge in [0.1, 0.15) is 0 Å². The van der Waals surface area contributed by atoms with Crippen molar-refractivity contribution in [3.63, 3.8) is 0 Å². The summed E-state index contributed by atoms with van der Waals surface area (Å²) in [7, 11) is 0. The van der Waals surface area contributed by atoms with Crippen molar-refractivity contribution in [3.05, 3.63) is 23.1 Å². The van der Waals surface area contributed by atoms with Gasteiger partial charge in [-0.05, 0) is 50.5 Å². The van der Waals surface area contributed by atoms with Gasteiger partial charge in [0.2, 0.25) is 5.22 Å². The molecule has 1 saturated heterocycles. The first-order valence-corrected chi connectivity index (χ1v) is 6.81. The largest absolute Gasteiger partial charge is 0.452 e. The summed E-state index contributed by atoms with van der Waals surface area (Å²) in [4.78, 5) is 14.3. The zero-order valence-electron chi connectivity index (χ0n) is 10.6. The SMILES string of the molecule is CC(CNC(=O)c1ccoc1Cl)N1CCCCC1. The Bertz CT molecular complexity index is 399. The molecule has 1 fully saturated rings. The van der Waals surface area contributed by atoms with Gasteiger partial charge in [0, 0.05) is 12.6 Å². The Hall–Kier alpha value is -1.00. The number of amides is 1. The Balaban J connectivity index is 1.80. The zero-order valence-corrected chi connectivity index (χ0v) is 11.4. The lowest BCUT2D eigenvalue weighted by Crippen LogP contribution is -2.44. The van der Waals surface area contributed by atoms with E-state index in [1.54, 1.807) is 6.07 Å². The third-order valence-corrected chi connectivity index (χ3v) is 3.73. The second-order valence-electron chi connectivity index (χ2n) is 4.76. The van der Waals surface area contributed by atoms with Gasteiger partial charge in [-0.1, -0.05) is 6.42 Å². The number of rotatable bonds is 4. The smallest absolute Gasteiger partial charge is 0.256 e. The van der Waals surface area contributed by atoms with Crippen LogP contribution in [0, 0.1) is 0 Å². The lowest BCUT2D eigenvalue weighted by atomic mass is 10.1. The monoisotopic (exact) mass is 270 g/mol. The van der Waals surface area contributed by atoms with E-state index in [1.165, 1.54) is 25.5 Å². The van der Waals surface area contributed by atoms with Crippen LogP contribution in [0.3, 0.4) is 0 Å². The van der Waals surface area contributed by atoms with Crippen molar-refractivity contribution in [3.8, 4) is 0 Å². The maximum atomic E-state index is 11.8. The first-order valence-electron chi connectivity index (χ1n) is 6.43. The van der Waals surface area contributed by atoms with Crippen LogP contribution >= 0.6 is 11.6 Å². The molecule has 4 nitrogen and oxygen atoms in total. The molecule has 1 N–H and O–H groups in total. The van der Waals surface area contributed by atoms with Crippen LogP contribution < -0.4 is 5.32 Å². The topological polar surface area (TPSA) is 45.5 Å². The first kappa shape index (κ1) is 13.4. The van der Waals surface area contributed by atoms with Crippen LogP contribution in [-0.4, -0.2) is 36.5 Å². The summed E-state index contributed by atoms with van der Waals surface area (Å²) in [6.07, 6.45) is 5.25. The van der Waals surface area contributed by atoms with Crippen LogP contribution in [0.25, 0.3) is 0 Å². The lowest BCUT2D eigenvalue weighted by Gasteiger charge is -2.32. The van der Waals surface area contributed by atoms with Gasteiger partial charge < -0.3 is 9.73 Å². The summed E-state index contributed by atoms with van der Waals surface area (Å²) in [6.45, 7) is 5.04. The highest BCUT2D eigenvalue weighted by atomic mass is 35.5. The highest BCUT2D eigenvalue weighted by Gasteiger charge is 2.18. The molecule has 0 radical (unpaired) electrons. The summed E-state index contributed by atoms with van der Waals surface area (Å²) >= 11 is 5.76. The molecular formula is C13H19ClN2O2. The van der Waals surface area contributed by atoms with E-state index >= 15 is 0 Å². The van der Waals surface area contributed by atoms with Gasteiger partial charge in [-0.15, -0.1) is 0 Å². The predicted octanol–water partition coefficient (Wildman–Crippen LogP) is 2.54. The molecule has 1 atom stereocenters. The third kappa shape index (κ3) is 3.27. The Kier molecular flexibility index (Phi) is 4.66. The Morgan fingerprint density at radius 2 is 2.22 bits per heavy atom. The predicted molar refractivity (Wildman–Crippen MR) is 70.9 cm³/mol. The van der Waals surface area contributed by atoms with E-state index in [0.717, 1.165) is 13.1 Å². The molecule has 1 aliphatic heterocycles. The van der Waals surface area contributed by atoms with Crippen molar-refractivity contribution in [1.82, 2.24) is 10.2 Å². The second kappa shape index (κ2) is 6.25. The average Bonchev–Trinajstić information content (AvgIpc) is 2.83. The highest BCUT2D eigenvalue weighted by molar-refractivity contribution is 6.32. The summed E-state index contributed by atoms with van der Waals surface area (Å²) in [5, 5.41) is 3.05. The quantitative estimate of drug-likeness (QED) is 0.915. The summed E-state index contributed by atoms with van der Waals surface area (Å²) in [6, 6.07) is 1.95. The Morgan fingerprint density at radius 3 is 2.83 bits per heavy atom. The number of hydrogen-bond acceptors (Lipinski definition) is 3. The van der Waals surface area contributed by atoms with Gasteiger partial charge in [0.15, 0.2) is 0 Å². The molecule has 0 aliphatic carbocycles. The molecule has 0 spiro atoms. The molecule has 5 heteroatoms. The van der Waals surface area contributed by atoms with Gasteiger partial charge in [-0.3, -0.25) is 9.69 Å². The molecule has 2 heterocycles. The van der Waals surface area contributed by atoms with E-state index in [0.29, 0.717) is 18.2 Å². The molecule has 0 aromatic carbocycles. The van der Waals surface area contributed by atoms with Gasteiger partial charge in [-0.25, -0.2) is 0 Å². The first-order chi connectivity index (χ1) is 8.68. The fourth-order valence-corrected chi connectivity index (χ4v) is 2.48. The van der Waals surface area contributed by atoms with Crippen LogP contribution in [0.1, 0.15) is 36.5 Å². The van der Waals surface area contributed by atoms with Crippen LogP contribution in [0.4, 0.5) is 0 Å². The van der Waals surface area contributed by atoms with Gasteiger partial charge >= 0.3 is 0 Å². The fraction of sp³-hybridized carbons (Fsp3) is 0.615. The van der Waals surface area contributed by atoms with Crippen molar-refractivity contribution in [2.75, 3.05) is 19.6 Å². The molecule has 1 aromatic rings. The molecule has 0 saturated carbocycles. The molecule has 2 rings (SSSR count). The molecule has 1 aliphatic rings. The zero-order chi connectivity index (χ0) is 13.0. The third-order valence-electron chi connectivity index (χ3n) is 3.43. The number of nitrogens with one attached hydrogen (secondary N) is 1. The van der Waals surface area contributed by atoms with E-state index in [1.807, 2.05) is 0 Å².